The molecule has 2 N–H and O–H groups in total. The average molecular weight is 318 g/mol. The molecule has 0 radical (unpaired) electrons. The zero-order chi connectivity index (χ0) is 13.9. The summed E-state index contributed by atoms with van der Waals surface area (Å²) in [5.74, 6) is 0.299. The molecule has 2 heteroatoms. The maximum atomic E-state index is 6.39. The Morgan fingerprint density at radius 3 is 2.32 bits per heavy atom. The van der Waals surface area contributed by atoms with Crippen molar-refractivity contribution in [3.05, 3.63) is 70.2 Å². The second kappa shape index (κ2) is 5.89. The first kappa shape index (κ1) is 14.3. The van der Waals surface area contributed by atoms with Gasteiger partial charge in [0.2, 0.25) is 0 Å². The highest BCUT2D eigenvalue weighted by Gasteiger charge is 2.27. The molecule has 0 aliphatic rings. The number of benzene rings is 2. The van der Waals surface area contributed by atoms with Crippen LogP contribution >= 0.6 is 15.9 Å². The van der Waals surface area contributed by atoms with Crippen LogP contribution in [0.15, 0.2) is 59.1 Å². The topological polar surface area (TPSA) is 26.0 Å². The number of rotatable bonds is 4. The van der Waals surface area contributed by atoms with E-state index in [1.54, 1.807) is 0 Å². The first-order chi connectivity index (χ1) is 8.97. The molecule has 1 nitrogen and oxygen atoms in total. The molecule has 0 aromatic heterocycles. The molecule has 0 fully saturated rings. The van der Waals surface area contributed by atoms with Gasteiger partial charge in [0, 0.05) is 15.9 Å². The van der Waals surface area contributed by atoms with E-state index in [0.717, 1.165) is 10.9 Å². The highest BCUT2D eigenvalue weighted by Crippen LogP contribution is 2.31. The van der Waals surface area contributed by atoms with Crippen molar-refractivity contribution in [3.63, 3.8) is 0 Å². The normalized spacial score (nSPS) is 13.3. The summed E-state index contributed by atoms with van der Waals surface area (Å²) in [6, 6.07) is 19.0. The molecule has 100 valence electrons. The molecule has 19 heavy (non-hydrogen) atoms. The van der Waals surface area contributed by atoms with Crippen LogP contribution in [0.25, 0.3) is 0 Å². The van der Waals surface area contributed by atoms with Gasteiger partial charge >= 0.3 is 0 Å². The van der Waals surface area contributed by atoms with Crippen LogP contribution in [0.5, 0.6) is 0 Å². The minimum atomic E-state index is -0.253. The fourth-order valence-electron chi connectivity index (χ4n) is 2.38. The Balaban J connectivity index is 2.32. The monoisotopic (exact) mass is 317 g/mol. The molecule has 0 aliphatic heterocycles. The summed E-state index contributed by atoms with van der Waals surface area (Å²) in [6.45, 7) is 4.20. The van der Waals surface area contributed by atoms with Gasteiger partial charge in [-0.3, -0.25) is 0 Å². The largest absolute Gasteiger partial charge is 0.325 e. The molecule has 2 rings (SSSR count). The summed E-state index contributed by atoms with van der Waals surface area (Å²) < 4.78 is 1.10. The van der Waals surface area contributed by atoms with Crippen molar-refractivity contribution in [2.24, 2.45) is 5.73 Å². The highest BCUT2D eigenvalue weighted by atomic mass is 79.9. The summed E-state index contributed by atoms with van der Waals surface area (Å²) in [5.41, 5.74) is 8.75. The van der Waals surface area contributed by atoms with E-state index in [2.05, 4.69) is 72.2 Å². The van der Waals surface area contributed by atoms with E-state index in [-0.39, 0.29) is 5.54 Å². The van der Waals surface area contributed by atoms with Gasteiger partial charge in [-0.15, -0.1) is 0 Å². The van der Waals surface area contributed by atoms with Gasteiger partial charge in [-0.1, -0.05) is 58.4 Å². The van der Waals surface area contributed by atoms with Gasteiger partial charge in [0.15, 0.2) is 0 Å². The lowest BCUT2D eigenvalue weighted by atomic mass is 9.79. The molecule has 0 bridgehead atoms. The lowest BCUT2D eigenvalue weighted by Crippen LogP contribution is -2.40. The van der Waals surface area contributed by atoms with E-state index >= 15 is 0 Å². The van der Waals surface area contributed by atoms with Crippen molar-refractivity contribution < 1.29 is 0 Å². The Hall–Kier alpha value is -1.12. The third kappa shape index (κ3) is 3.92. The van der Waals surface area contributed by atoms with Crippen LogP contribution in [-0.2, 0) is 6.42 Å². The molecule has 2 aromatic carbocycles. The number of hydrogen-bond acceptors (Lipinski definition) is 1. The van der Waals surface area contributed by atoms with E-state index in [1.165, 1.54) is 11.1 Å². The van der Waals surface area contributed by atoms with Crippen LogP contribution in [0.3, 0.4) is 0 Å². The SMILES string of the molecule is CC(C)(N)[C@H](Cc1ccccc1)c1cccc(Br)c1. The van der Waals surface area contributed by atoms with Crippen molar-refractivity contribution in [2.75, 3.05) is 0 Å². The van der Waals surface area contributed by atoms with E-state index in [1.807, 2.05) is 12.1 Å². The molecule has 0 spiro atoms. The van der Waals surface area contributed by atoms with Crippen LogP contribution in [0.1, 0.15) is 30.9 Å². The Morgan fingerprint density at radius 1 is 1.05 bits per heavy atom. The summed E-state index contributed by atoms with van der Waals surface area (Å²) >= 11 is 3.54. The molecule has 0 heterocycles. The van der Waals surface area contributed by atoms with Gasteiger partial charge in [0.25, 0.3) is 0 Å². The summed E-state index contributed by atoms with van der Waals surface area (Å²) in [4.78, 5) is 0. The first-order valence-electron chi connectivity index (χ1n) is 6.55. The molecule has 0 unspecified atom stereocenters. The Bertz CT molecular complexity index is 528. The van der Waals surface area contributed by atoms with Crippen LogP contribution in [0, 0.1) is 0 Å². The summed E-state index contributed by atoms with van der Waals surface area (Å²) in [7, 11) is 0. The summed E-state index contributed by atoms with van der Waals surface area (Å²) in [6.07, 6.45) is 0.959. The zero-order valence-corrected chi connectivity index (χ0v) is 13.0. The number of halogens is 1. The first-order valence-corrected chi connectivity index (χ1v) is 7.34. The van der Waals surface area contributed by atoms with Gasteiger partial charge in [-0.2, -0.15) is 0 Å². The van der Waals surface area contributed by atoms with Crippen molar-refractivity contribution in [2.45, 2.75) is 31.7 Å². The van der Waals surface area contributed by atoms with Crippen LogP contribution in [0.4, 0.5) is 0 Å². The molecule has 0 saturated heterocycles. The van der Waals surface area contributed by atoms with Gasteiger partial charge in [-0.25, -0.2) is 0 Å². The molecule has 0 saturated carbocycles. The standard InChI is InChI=1S/C17H20BrN/c1-17(2,19)16(11-13-7-4-3-5-8-13)14-9-6-10-15(18)12-14/h3-10,12,16H,11,19H2,1-2H3/t16-/m1/s1. The van der Waals surface area contributed by atoms with Crippen molar-refractivity contribution in [1.29, 1.82) is 0 Å². The third-order valence-corrected chi connectivity index (χ3v) is 3.93. The maximum Gasteiger partial charge on any atom is 0.0178 e. The van der Waals surface area contributed by atoms with E-state index < -0.39 is 0 Å². The maximum absolute atomic E-state index is 6.39. The molecule has 0 amide bonds. The van der Waals surface area contributed by atoms with Crippen LogP contribution in [0.2, 0.25) is 0 Å². The molecular formula is C17H20BrN. The Labute approximate surface area is 124 Å². The average Bonchev–Trinajstić information content (AvgIpc) is 2.36. The van der Waals surface area contributed by atoms with Crippen LogP contribution in [-0.4, -0.2) is 5.54 Å². The number of nitrogens with two attached hydrogens (primary N) is 1. The second-order valence-corrected chi connectivity index (χ2v) is 6.53. The minimum absolute atomic E-state index is 0.253. The lowest BCUT2D eigenvalue weighted by Gasteiger charge is -2.31. The Morgan fingerprint density at radius 2 is 1.74 bits per heavy atom. The fourth-order valence-corrected chi connectivity index (χ4v) is 2.80. The van der Waals surface area contributed by atoms with Crippen molar-refractivity contribution in [1.82, 2.24) is 0 Å². The molecule has 0 aliphatic carbocycles. The fraction of sp³-hybridized carbons (Fsp3) is 0.294. The zero-order valence-electron chi connectivity index (χ0n) is 11.4. The highest BCUT2D eigenvalue weighted by molar-refractivity contribution is 9.10. The quantitative estimate of drug-likeness (QED) is 0.882. The predicted octanol–water partition coefficient (Wildman–Crippen LogP) is 4.51. The van der Waals surface area contributed by atoms with Crippen LogP contribution < -0.4 is 5.73 Å². The van der Waals surface area contributed by atoms with Gasteiger partial charge in [-0.05, 0) is 43.5 Å². The van der Waals surface area contributed by atoms with Gasteiger partial charge < -0.3 is 5.73 Å². The lowest BCUT2D eigenvalue weighted by molar-refractivity contribution is 0.408. The molecular weight excluding hydrogens is 298 g/mol. The number of hydrogen-bond donors (Lipinski definition) is 1. The third-order valence-electron chi connectivity index (χ3n) is 3.43. The molecule has 1 atom stereocenters. The van der Waals surface area contributed by atoms with E-state index in [9.17, 15) is 0 Å². The summed E-state index contributed by atoms with van der Waals surface area (Å²) in [5, 5.41) is 0. The van der Waals surface area contributed by atoms with Crippen molar-refractivity contribution in [3.8, 4) is 0 Å². The van der Waals surface area contributed by atoms with Gasteiger partial charge in [0.05, 0.1) is 0 Å². The smallest absolute Gasteiger partial charge is 0.0178 e. The second-order valence-electron chi connectivity index (χ2n) is 5.62. The van der Waals surface area contributed by atoms with Crippen molar-refractivity contribution >= 4 is 15.9 Å². The minimum Gasteiger partial charge on any atom is -0.325 e. The van der Waals surface area contributed by atoms with Gasteiger partial charge in [0.1, 0.15) is 0 Å². The van der Waals surface area contributed by atoms with E-state index in [0.29, 0.717) is 5.92 Å². The van der Waals surface area contributed by atoms with E-state index in [4.69, 9.17) is 5.73 Å². The predicted molar refractivity (Wildman–Crippen MR) is 85.3 cm³/mol. The Kier molecular flexibility index (Phi) is 4.43. The molecule has 2 aromatic rings.